The van der Waals surface area contributed by atoms with E-state index in [-0.39, 0.29) is 5.97 Å². The van der Waals surface area contributed by atoms with Crippen molar-refractivity contribution in [1.29, 1.82) is 0 Å². The number of aromatic nitrogens is 1. The Labute approximate surface area is 127 Å². The Balaban J connectivity index is 2.25. The SMILES string of the molecule is CCOC(=O)CCCCCOc1ccc(C)nc1CNC. The summed E-state index contributed by atoms with van der Waals surface area (Å²) in [6.45, 7) is 5.59. The Morgan fingerprint density at radius 1 is 1.29 bits per heavy atom. The van der Waals surface area contributed by atoms with Crippen LogP contribution in [0.15, 0.2) is 12.1 Å². The van der Waals surface area contributed by atoms with Gasteiger partial charge in [0.25, 0.3) is 0 Å². The smallest absolute Gasteiger partial charge is 0.305 e. The van der Waals surface area contributed by atoms with E-state index in [2.05, 4.69) is 10.3 Å². The maximum absolute atomic E-state index is 11.2. The van der Waals surface area contributed by atoms with E-state index in [0.29, 0.717) is 26.2 Å². The van der Waals surface area contributed by atoms with Gasteiger partial charge in [0.2, 0.25) is 0 Å². The first-order chi connectivity index (χ1) is 10.2. The Morgan fingerprint density at radius 3 is 2.81 bits per heavy atom. The lowest BCUT2D eigenvalue weighted by molar-refractivity contribution is -0.143. The molecular weight excluding hydrogens is 268 g/mol. The van der Waals surface area contributed by atoms with Gasteiger partial charge in [-0.15, -0.1) is 0 Å². The zero-order chi connectivity index (χ0) is 15.5. The Bertz CT molecular complexity index is 436. The highest BCUT2D eigenvalue weighted by Crippen LogP contribution is 2.17. The van der Waals surface area contributed by atoms with Gasteiger partial charge in [-0.2, -0.15) is 0 Å². The van der Waals surface area contributed by atoms with Crippen molar-refractivity contribution in [2.24, 2.45) is 0 Å². The first-order valence-corrected chi connectivity index (χ1v) is 7.57. The molecular formula is C16H26N2O3. The van der Waals surface area contributed by atoms with Crippen LogP contribution in [0.1, 0.15) is 44.0 Å². The normalized spacial score (nSPS) is 10.4. The molecule has 1 N–H and O–H groups in total. The second-order valence-electron chi connectivity index (χ2n) is 4.89. The van der Waals surface area contributed by atoms with Crippen LogP contribution in [0.3, 0.4) is 0 Å². The molecule has 1 heterocycles. The van der Waals surface area contributed by atoms with Gasteiger partial charge in [0.15, 0.2) is 0 Å². The highest BCUT2D eigenvalue weighted by Gasteiger charge is 2.05. The molecule has 21 heavy (non-hydrogen) atoms. The molecule has 0 atom stereocenters. The minimum absolute atomic E-state index is 0.113. The summed E-state index contributed by atoms with van der Waals surface area (Å²) in [5.74, 6) is 0.720. The van der Waals surface area contributed by atoms with Crippen molar-refractivity contribution in [2.75, 3.05) is 20.3 Å². The summed E-state index contributed by atoms with van der Waals surface area (Å²) in [7, 11) is 1.89. The van der Waals surface area contributed by atoms with Crippen LogP contribution in [0.25, 0.3) is 0 Å². The van der Waals surface area contributed by atoms with Crippen LogP contribution in [0.5, 0.6) is 5.75 Å². The predicted octanol–water partition coefficient (Wildman–Crippen LogP) is 2.61. The van der Waals surface area contributed by atoms with Gasteiger partial charge in [0, 0.05) is 18.7 Å². The van der Waals surface area contributed by atoms with Crippen molar-refractivity contribution in [2.45, 2.75) is 46.1 Å². The number of hydrogen-bond acceptors (Lipinski definition) is 5. The van der Waals surface area contributed by atoms with Gasteiger partial charge < -0.3 is 14.8 Å². The molecule has 0 aliphatic rings. The Kier molecular flexibility index (Phi) is 8.43. The van der Waals surface area contributed by atoms with Crippen molar-refractivity contribution >= 4 is 5.97 Å². The first kappa shape index (κ1) is 17.4. The standard InChI is InChI=1S/C16H26N2O3/c1-4-20-16(19)8-6-5-7-11-21-15-10-9-13(2)18-14(15)12-17-3/h9-10,17H,4-8,11-12H2,1-3H3. The van der Waals surface area contributed by atoms with E-state index < -0.39 is 0 Å². The van der Waals surface area contributed by atoms with E-state index >= 15 is 0 Å². The number of rotatable bonds is 10. The molecule has 0 unspecified atom stereocenters. The number of unbranched alkanes of at least 4 members (excludes halogenated alkanes) is 2. The predicted molar refractivity (Wildman–Crippen MR) is 82.3 cm³/mol. The Hall–Kier alpha value is -1.62. The van der Waals surface area contributed by atoms with Gasteiger partial charge >= 0.3 is 5.97 Å². The highest BCUT2D eigenvalue weighted by atomic mass is 16.5. The number of hydrogen-bond donors (Lipinski definition) is 1. The average Bonchev–Trinajstić information content (AvgIpc) is 2.45. The number of nitrogens with zero attached hydrogens (tertiary/aromatic N) is 1. The molecule has 1 rings (SSSR count). The number of nitrogens with one attached hydrogen (secondary N) is 1. The van der Waals surface area contributed by atoms with Crippen molar-refractivity contribution in [3.05, 3.63) is 23.5 Å². The fraction of sp³-hybridized carbons (Fsp3) is 0.625. The number of aryl methyl sites for hydroxylation is 1. The molecule has 5 nitrogen and oxygen atoms in total. The molecule has 5 heteroatoms. The maximum Gasteiger partial charge on any atom is 0.305 e. The van der Waals surface area contributed by atoms with E-state index in [0.717, 1.165) is 36.4 Å². The zero-order valence-electron chi connectivity index (χ0n) is 13.3. The summed E-state index contributed by atoms with van der Waals surface area (Å²) in [5, 5.41) is 3.09. The summed E-state index contributed by atoms with van der Waals surface area (Å²) in [6.07, 6.45) is 3.22. The van der Waals surface area contributed by atoms with Crippen molar-refractivity contribution in [3.8, 4) is 5.75 Å². The Morgan fingerprint density at radius 2 is 2.10 bits per heavy atom. The van der Waals surface area contributed by atoms with Crippen molar-refractivity contribution in [3.63, 3.8) is 0 Å². The molecule has 118 valence electrons. The molecule has 0 saturated heterocycles. The fourth-order valence-corrected chi connectivity index (χ4v) is 1.99. The van der Waals surface area contributed by atoms with Gasteiger partial charge in [-0.1, -0.05) is 0 Å². The van der Waals surface area contributed by atoms with E-state index in [1.54, 1.807) is 0 Å². The minimum atomic E-state index is -0.113. The quantitative estimate of drug-likeness (QED) is 0.531. The highest BCUT2D eigenvalue weighted by molar-refractivity contribution is 5.69. The van der Waals surface area contributed by atoms with Crippen LogP contribution in [0.2, 0.25) is 0 Å². The summed E-state index contributed by atoms with van der Waals surface area (Å²) < 4.78 is 10.7. The molecule has 0 amide bonds. The summed E-state index contributed by atoms with van der Waals surface area (Å²) in [5.41, 5.74) is 1.92. The van der Waals surface area contributed by atoms with Crippen molar-refractivity contribution in [1.82, 2.24) is 10.3 Å². The molecule has 0 spiro atoms. The number of pyridine rings is 1. The molecule has 0 fully saturated rings. The molecule has 0 radical (unpaired) electrons. The van der Waals surface area contributed by atoms with Crippen LogP contribution in [-0.2, 0) is 16.1 Å². The van der Waals surface area contributed by atoms with E-state index in [1.165, 1.54) is 0 Å². The number of carbonyl (C=O) groups is 1. The fourth-order valence-electron chi connectivity index (χ4n) is 1.99. The number of esters is 1. The second kappa shape index (κ2) is 10.2. The van der Waals surface area contributed by atoms with E-state index in [9.17, 15) is 4.79 Å². The van der Waals surface area contributed by atoms with Gasteiger partial charge in [0.05, 0.1) is 18.9 Å². The summed E-state index contributed by atoms with van der Waals surface area (Å²) >= 11 is 0. The molecule has 1 aromatic rings. The monoisotopic (exact) mass is 294 g/mol. The number of ether oxygens (including phenoxy) is 2. The van der Waals surface area contributed by atoms with Gasteiger partial charge in [-0.05, 0) is 52.3 Å². The number of carbonyl (C=O) groups excluding carboxylic acids is 1. The van der Waals surface area contributed by atoms with E-state index in [1.807, 2.05) is 33.0 Å². The lowest BCUT2D eigenvalue weighted by Crippen LogP contribution is -2.10. The first-order valence-electron chi connectivity index (χ1n) is 7.57. The average molecular weight is 294 g/mol. The van der Waals surface area contributed by atoms with Crippen LogP contribution in [0.4, 0.5) is 0 Å². The molecule has 0 aromatic carbocycles. The largest absolute Gasteiger partial charge is 0.492 e. The van der Waals surface area contributed by atoms with Crippen molar-refractivity contribution < 1.29 is 14.3 Å². The van der Waals surface area contributed by atoms with Crippen LogP contribution >= 0.6 is 0 Å². The lowest BCUT2D eigenvalue weighted by Gasteiger charge is -2.11. The van der Waals surface area contributed by atoms with Gasteiger partial charge in [-0.25, -0.2) is 0 Å². The molecule has 0 saturated carbocycles. The third kappa shape index (κ3) is 7.09. The van der Waals surface area contributed by atoms with Gasteiger partial charge in [0.1, 0.15) is 5.75 Å². The minimum Gasteiger partial charge on any atom is -0.492 e. The molecule has 0 aliphatic carbocycles. The van der Waals surface area contributed by atoms with Gasteiger partial charge in [-0.3, -0.25) is 9.78 Å². The summed E-state index contributed by atoms with van der Waals surface area (Å²) in [4.78, 5) is 15.6. The third-order valence-corrected chi connectivity index (χ3v) is 3.00. The molecule has 0 bridgehead atoms. The zero-order valence-corrected chi connectivity index (χ0v) is 13.3. The molecule has 0 aliphatic heterocycles. The maximum atomic E-state index is 11.2. The van der Waals surface area contributed by atoms with Crippen LogP contribution < -0.4 is 10.1 Å². The third-order valence-electron chi connectivity index (χ3n) is 3.00. The molecule has 1 aromatic heterocycles. The lowest BCUT2D eigenvalue weighted by atomic mass is 10.2. The topological polar surface area (TPSA) is 60.5 Å². The van der Waals surface area contributed by atoms with Crippen LogP contribution in [-0.4, -0.2) is 31.2 Å². The van der Waals surface area contributed by atoms with E-state index in [4.69, 9.17) is 9.47 Å². The van der Waals surface area contributed by atoms with Crippen LogP contribution in [0, 0.1) is 6.92 Å². The second-order valence-corrected chi connectivity index (χ2v) is 4.89. The summed E-state index contributed by atoms with van der Waals surface area (Å²) in [6, 6.07) is 3.92.